The number of hydrogen-bond donors (Lipinski definition) is 2. The zero-order valence-corrected chi connectivity index (χ0v) is 11.4. The number of amides is 1. The highest BCUT2D eigenvalue weighted by Crippen LogP contribution is 2.30. The molecule has 2 aromatic rings. The fourth-order valence-corrected chi connectivity index (χ4v) is 2.18. The number of carbonyl (C=O) groups excluding carboxylic acids is 1. The van der Waals surface area contributed by atoms with Crippen LogP contribution in [0.4, 0.5) is 11.4 Å². The van der Waals surface area contributed by atoms with Crippen molar-refractivity contribution in [1.82, 2.24) is 0 Å². The summed E-state index contributed by atoms with van der Waals surface area (Å²) >= 11 is 6.18. The molecule has 0 aliphatic rings. The maximum absolute atomic E-state index is 11.1. The number of primary amides is 1. The van der Waals surface area contributed by atoms with Gasteiger partial charge in [0.1, 0.15) is 0 Å². The lowest BCUT2D eigenvalue weighted by atomic mass is 10.1. The predicted molar refractivity (Wildman–Crippen MR) is 78.8 cm³/mol. The maximum Gasteiger partial charge on any atom is 0.221 e. The molecular weight excluding hydrogens is 260 g/mol. The van der Waals surface area contributed by atoms with Crippen LogP contribution in [-0.4, -0.2) is 5.91 Å². The summed E-state index contributed by atoms with van der Waals surface area (Å²) in [6.07, 6.45) is 0.201. The first kappa shape index (κ1) is 13.4. The molecule has 0 saturated heterocycles. The Morgan fingerprint density at radius 2 is 1.95 bits per heavy atom. The summed E-state index contributed by atoms with van der Waals surface area (Å²) in [6.45, 7) is 1.98. The first-order valence-corrected chi connectivity index (χ1v) is 6.34. The van der Waals surface area contributed by atoms with Gasteiger partial charge in [-0.3, -0.25) is 4.79 Å². The molecule has 0 saturated carbocycles. The van der Waals surface area contributed by atoms with Gasteiger partial charge in [-0.05, 0) is 30.2 Å². The molecule has 0 heterocycles. The van der Waals surface area contributed by atoms with Gasteiger partial charge in [0, 0.05) is 5.69 Å². The Hall–Kier alpha value is -2.00. The summed E-state index contributed by atoms with van der Waals surface area (Å²) in [7, 11) is 0. The fourth-order valence-electron chi connectivity index (χ4n) is 1.91. The Balaban J connectivity index is 2.36. The highest BCUT2D eigenvalue weighted by Gasteiger charge is 2.08. The molecule has 0 radical (unpaired) electrons. The topological polar surface area (TPSA) is 55.1 Å². The highest BCUT2D eigenvalue weighted by molar-refractivity contribution is 6.33. The van der Waals surface area contributed by atoms with Crippen molar-refractivity contribution in [3.63, 3.8) is 0 Å². The molecule has 0 unspecified atom stereocenters. The van der Waals surface area contributed by atoms with Gasteiger partial charge < -0.3 is 11.1 Å². The third-order valence-corrected chi connectivity index (χ3v) is 3.18. The highest BCUT2D eigenvalue weighted by atomic mass is 35.5. The van der Waals surface area contributed by atoms with Gasteiger partial charge in [0.05, 0.1) is 17.1 Å². The van der Waals surface area contributed by atoms with Crippen LogP contribution in [0, 0.1) is 6.92 Å². The third kappa shape index (κ3) is 3.26. The maximum atomic E-state index is 11.1. The SMILES string of the molecule is Cc1cccc(Cl)c1Nc1ccccc1CC(N)=O. The van der Waals surface area contributed by atoms with E-state index in [4.69, 9.17) is 17.3 Å². The molecular formula is C15H15ClN2O. The van der Waals surface area contributed by atoms with E-state index in [0.717, 1.165) is 22.5 Å². The van der Waals surface area contributed by atoms with Crippen molar-refractivity contribution >= 4 is 28.9 Å². The number of hydrogen-bond acceptors (Lipinski definition) is 2. The number of nitrogens with one attached hydrogen (secondary N) is 1. The van der Waals surface area contributed by atoms with Gasteiger partial charge in [0.2, 0.25) is 5.91 Å². The Bertz CT molecular complexity index is 591. The van der Waals surface area contributed by atoms with Crippen molar-refractivity contribution in [1.29, 1.82) is 0 Å². The normalized spacial score (nSPS) is 10.2. The number of benzene rings is 2. The number of carbonyl (C=O) groups is 1. The lowest BCUT2D eigenvalue weighted by molar-refractivity contribution is -0.117. The molecule has 2 aromatic carbocycles. The molecule has 1 amide bonds. The minimum Gasteiger partial charge on any atom is -0.369 e. The first-order valence-electron chi connectivity index (χ1n) is 5.96. The number of halogens is 1. The zero-order chi connectivity index (χ0) is 13.8. The standard InChI is InChI=1S/C15H15ClN2O/c1-10-5-4-7-12(16)15(10)18-13-8-3-2-6-11(13)9-14(17)19/h2-8,18H,9H2,1H3,(H2,17,19). The smallest absolute Gasteiger partial charge is 0.221 e. The van der Waals surface area contributed by atoms with E-state index < -0.39 is 0 Å². The van der Waals surface area contributed by atoms with Crippen LogP contribution in [0.3, 0.4) is 0 Å². The van der Waals surface area contributed by atoms with Gasteiger partial charge in [-0.1, -0.05) is 41.9 Å². The second-order valence-electron chi connectivity index (χ2n) is 4.36. The van der Waals surface area contributed by atoms with Gasteiger partial charge in [-0.25, -0.2) is 0 Å². The second kappa shape index (κ2) is 5.76. The Labute approximate surface area is 117 Å². The molecule has 0 aliphatic carbocycles. The minimum atomic E-state index is -0.356. The number of aryl methyl sites for hydroxylation is 1. The van der Waals surface area contributed by atoms with Crippen molar-refractivity contribution in [3.8, 4) is 0 Å². The molecule has 0 aromatic heterocycles. The van der Waals surface area contributed by atoms with Crippen molar-refractivity contribution in [3.05, 3.63) is 58.6 Å². The molecule has 4 heteroatoms. The van der Waals surface area contributed by atoms with Gasteiger partial charge in [0.25, 0.3) is 0 Å². The summed E-state index contributed by atoms with van der Waals surface area (Å²) in [6, 6.07) is 13.3. The van der Waals surface area contributed by atoms with E-state index in [1.165, 1.54) is 0 Å². The van der Waals surface area contributed by atoms with Gasteiger partial charge in [-0.15, -0.1) is 0 Å². The Kier molecular flexibility index (Phi) is 4.07. The van der Waals surface area contributed by atoms with Crippen LogP contribution in [0.1, 0.15) is 11.1 Å². The largest absolute Gasteiger partial charge is 0.369 e. The Morgan fingerprint density at radius 1 is 1.21 bits per heavy atom. The average molecular weight is 275 g/mol. The number of para-hydroxylation sites is 2. The summed E-state index contributed by atoms with van der Waals surface area (Å²) in [5.74, 6) is -0.356. The molecule has 0 bridgehead atoms. The van der Waals surface area contributed by atoms with E-state index in [1.807, 2.05) is 49.4 Å². The van der Waals surface area contributed by atoms with Crippen LogP contribution < -0.4 is 11.1 Å². The van der Waals surface area contributed by atoms with Crippen molar-refractivity contribution in [2.24, 2.45) is 5.73 Å². The summed E-state index contributed by atoms with van der Waals surface area (Å²) in [5, 5.41) is 3.92. The van der Waals surface area contributed by atoms with Crippen LogP contribution in [0.15, 0.2) is 42.5 Å². The van der Waals surface area contributed by atoms with Crippen LogP contribution >= 0.6 is 11.6 Å². The molecule has 2 rings (SSSR count). The molecule has 0 fully saturated rings. The summed E-state index contributed by atoms with van der Waals surface area (Å²) in [5.41, 5.74) is 8.85. The first-order chi connectivity index (χ1) is 9.08. The summed E-state index contributed by atoms with van der Waals surface area (Å²) in [4.78, 5) is 11.1. The Morgan fingerprint density at radius 3 is 2.63 bits per heavy atom. The number of rotatable bonds is 4. The van der Waals surface area contributed by atoms with E-state index >= 15 is 0 Å². The van der Waals surface area contributed by atoms with Crippen LogP contribution in [0.5, 0.6) is 0 Å². The van der Waals surface area contributed by atoms with Crippen molar-refractivity contribution in [2.75, 3.05) is 5.32 Å². The average Bonchev–Trinajstić information content (AvgIpc) is 2.35. The molecule has 3 N–H and O–H groups in total. The molecule has 0 spiro atoms. The molecule has 3 nitrogen and oxygen atoms in total. The van der Waals surface area contributed by atoms with Crippen LogP contribution in [0.25, 0.3) is 0 Å². The zero-order valence-electron chi connectivity index (χ0n) is 10.6. The van der Waals surface area contributed by atoms with E-state index in [9.17, 15) is 4.79 Å². The van der Waals surface area contributed by atoms with E-state index in [2.05, 4.69) is 5.32 Å². The second-order valence-corrected chi connectivity index (χ2v) is 4.76. The van der Waals surface area contributed by atoms with Gasteiger partial charge in [0.15, 0.2) is 0 Å². The van der Waals surface area contributed by atoms with Crippen LogP contribution in [-0.2, 0) is 11.2 Å². The van der Waals surface area contributed by atoms with E-state index in [0.29, 0.717) is 5.02 Å². The fraction of sp³-hybridized carbons (Fsp3) is 0.133. The quantitative estimate of drug-likeness (QED) is 0.897. The lowest BCUT2D eigenvalue weighted by Gasteiger charge is -2.14. The van der Waals surface area contributed by atoms with Gasteiger partial charge >= 0.3 is 0 Å². The monoisotopic (exact) mass is 274 g/mol. The van der Waals surface area contributed by atoms with Crippen molar-refractivity contribution in [2.45, 2.75) is 13.3 Å². The molecule has 98 valence electrons. The summed E-state index contributed by atoms with van der Waals surface area (Å²) < 4.78 is 0. The minimum absolute atomic E-state index is 0.201. The number of nitrogens with two attached hydrogens (primary N) is 1. The lowest BCUT2D eigenvalue weighted by Crippen LogP contribution is -2.14. The predicted octanol–water partition coefficient (Wildman–Crippen LogP) is 3.42. The molecule has 0 aliphatic heterocycles. The van der Waals surface area contributed by atoms with E-state index in [1.54, 1.807) is 0 Å². The van der Waals surface area contributed by atoms with E-state index in [-0.39, 0.29) is 12.3 Å². The van der Waals surface area contributed by atoms with Gasteiger partial charge in [-0.2, -0.15) is 0 Å². The van der Waals surface area contributed by atoms with Crippen LogP contribution in [0.2, 0.25) is 5.02 Å². The van der Waals surface area contributed by atoms with Crippen molar-refractivity contribution < 1.29 is 4.79 Å². The number of anilines is 2. The molecule has 19 heavy (non-hydrogen) atoms. The molecule has 0 atom stereocenters. The third-order valence-electron chi connectivity index (χ3n) is 2.86.